The van der Waals surface area contributed by atoms with Crippen molar-refractivity contribution in [2.45, 2.75) is 37.5 Å². The van der Waals surface area contributed by atoms with Crippen molar-refractivity contribution < 1.29 is 12.9 Å². The highest BCUT2D eigenvalue weighted by molar-refractivity contribution is 7.88. The molecule has 1 aromatic heterocycles. The Labute approximate surface area is 142 Å². The molecule has 1 unspecified atom stereocenters. The van der Waals surface area contributed by atoms with Crippen LogP contribution in [-0.2, 0) is 15.8 Å². The standard InChI is InChI=1S/C15H21N3O3S.ClH/c16-9-13(11-5-1-2-6-11)18-22(19,20)10-14-12-7-3-4-8-15(12)21-17-14;/h3-4,7-8,11,13,18H,1-2,5-6,9-10,16H2;1H. The molecular formula is C15H22ClN3O3S. The Bertz CT molecular complexity index is 741. The highest BCUT2D eigenvalue weighted by Crippen LogP contribution is 2.28. The molecule has 3 N–H and O–H groups in total. The lowest BCUT2D eigenvalue weighted by molar-refractivity contribution is 0.404. The molecule has 3 rings (SSSR count). The van der Waals surface area contributed by atoms with E-state index in [-0.39, 0.29) is 24.2 Å². The number of nitrogens with one attached hydrogen (secondary N) is 1. The van der Waals surface area contributed by atoms with E-state index in [0.717, 1.165) is 31.1 Å². The van der Waals surface area contributed by atoms with Crippen molar-refractivity contribution in [1.29, 1.82) is 0 Å². The normalized spacial score (nSPS) is 17.3. The van der Waals surface area contributed by atoms with Gasteiger partial charge in [-0.15, -0.1) is 12.4 Å². The van der Waals surface area contributed by atoms with E-state index in [2.05, 4.69) is 9.88 Å². The number of para-hydroxylation sites is 1. The van der Waals surface area contributed by atoms with Crippen molar-refractivity contribution in [3.63, 3.8) is 0 Å². The van der Waals surface area contributed by atoms with Crippen LogP contribution in [0.1, 0.15) is 31.4 Å². The van der Waals surface area contributed by atoms with E-state index in [1.807, 2.05) is 18.2 Å². The van der Waals surface area contributed by atoms with E-state index in [1.165, 1.54) is 0 Å². The Morgan fingerprint density at radius 2 is 2.00 bits per heavy atom. The van der Waals surface area contributed by atoms with Crippen LogP contribution in [0.15, 0.2) is 28.8 Å². The van der Waals surface area contributed by atoms with Crippen molar-refractivity contribution in [2.24, 2.45) is 11.7 Å². The predicted molar refractivity (Wildman–Crippen MR) is 91.8 cm³/mol. The molecule has 0 spiro atoms. The van der Waals surface area contributed by atoms with Gasteiger partial charge in [-0.25, -0.2) is 13.1 Å². The van der Waals surface area contributed by atoms with Crippen molar-refractivity contribution in [3.05, 3.63) is 30.0 Å². The average Bonchev–Trinajstić information content (AvgIpc) is 3.15. The maximum atomic E-state index is 12.4. The lowest BCUT2D eigenvalue weighted by Gasteiger charge is -2.22. The number of nitrogens with two attached hydrogens (primary N) is 1. The minimum Gasteiger partial charge on any atom is -0.356 e. The highest BCUT2D eigenvalue weighted by atomic mass is 35.5. The fraction of sp³-hybridized carbons (Fsp3) is 0.533. The maximum Gasteiger partial charge on any atom is 0.217 e. The number of benzene rings is 1. The van der Waals surface area contributed by atoms with Gasteiger partial charge in [-0.1, -0.05) is 30.1 Å². The first-order valence-corrected chi connectivity index (χ1v) is 9.27. The van der Waals surface area contributed by atoms with Crippen molar-refractivity contribution in [2.75, 3.05) is 6.54 Å². The number of hydrogen-bond donors (Lipinski definition) is 2. The molecule has 0 saturated heterocycles. The summed E-state index contributed by atoms with van der Waals surface area (Å²) in [7, 11) is -3.50. The second-order valence-corrected chi connectivity index (χ2v) is 7.64. The van der Waals surface area contributed by atoms with Crippen LogP contribution < -0.4 is 10.5 Å². The smallest absolute Gasteiger partial charge is 0.217 e. The molecule has 1 saturated carbocycles. The van der Waals surface area contributed by atoms with Crippen LogP contribution in [0.3, 0.4) is 0 Å². The number of halogens is 1. The highest BCUT2D eigenvalue weighted by Gasteiger charge is 2.28. The van der Waals surface area contributed by atoms with Crippen molar-refractivity contribution >= 4 is 33.4 Å². The first kappa shape index (κ1) is 18.2. The Balaban J connectivity index is 0.00000192. The molecule has 0 amide bonds. The van der Waals surface area contributed by atoms with Gasteiger partial charge in [0.1, 0.15) is 11.4 Å². The molecule has 1 aliphatic carbocycles. The summed E-state index contributed by atoms with van der Waals surface area (Å²) < 4.78 is 32.8. The summed E-state index contributed by atoms with van der Waals surface area (Å²) in [6.07, 6.45) is 4.38. The Morgan fingerprint density at radius 1 is 1.30 bits per heavy atom. The molecular weight excluding hydrogens is 338 g/mol. The number of hydrogen-bond acceptors (Lipinski definition) is 5. The molecule has 6 nitrogen and oxygen atoms in total. The molecule has 1 aromatic carbocycles. The third kappa shape index (κ3) is 4.23. The van der Waals surface area contributed by atoms with Crippen LogP contribution in [-0.4, -0.2) is 26.2 Å². The minimum atomic E-state index is -3.50. The molecule has 8 heteroatoms. The van der Waals surface area contributed by atoms with Gasteiger partial charge < -0.3 is 10.3 Å². The van der Waals surface area contributed by atoms with Gasteiger partial charge in [0.05, 0.1) is 0 Å². The lowest BCUT2D eigenvalue weighted by Crippen LogP contribution is -2.45. The Kier molecular flexibility index (Phi) is 6.02. The molecule has 1 atom stereocenters. The summed E-state index contributed by atoms with van der Waals surface area (Å²) in [6, 6.07) is 7.06. The summed E-state index contributed by atoms with van der Waals surface area (Å²) in [5.41, 5.74) is 6.79. The molecule has 1 fully saturated rings. The number of rotatable bonds is 6. The van der Waals surface area contributed by atoms with Gasteiger partial charge in [-0.3, -0.25) is 0 Å². The quantitative estimate of drug-likeness (QED) is 0.823. The molecule has 0 aliphatic heterocycles. The van der Waals surface area contributed by atoms with Crippen molar-refractivity contribution in [3.8, 4) is 0 Å². The van der Waals surface area contributed by atoms with E-state index in [1.54, 1.807) is 6.07 Å². The molecule has 1 heterocycles. The van der Waals surface area contributed by atoms with Gasteiger partial charge in [0.25, 0.3) is 0 Å². The van der Waals surface area contributed by atoms with Gasteiger partial charge >= 0.3 is 0 Å². The number of aromatic nitrogens is 1. The van der Waals surface area contributed by atoms with Crippen LogP contribution in [0.25, 0.3) is 11.0 Å². The fourth-order valence-electron chi connectivity index (χ4n) is 3.19. The second-order valence-electron chi connectivity index (χ2n) is 5.89. The van der Waals surface area contributed by atoms with Gasteiger partial charge in [0, 0.05) is 18.0 Å². The van der Waals surface area contributed by atoms with E-state index >= 15 is 0 Å². The van der Waals surface area contributed by atoms with Gasteiger partial charge in [0.2, 0.25) is 10.0 Å². The zero-order valence-corrected chi connectivity index (χ0v) is 14.4. The topological polar surface area (TPSA) is 98.2 Å². The van der Waals surface area contributed by atoms with Gasteiger partial charge in [0.15, 0.2) is 5.58 Å². The molecule has 0 radical (unpaired) electrons. The molecule has 2 aromatic rings. The average molecular weight is 360 g/mol. The van der Waals surface area contributed by atoms with Crippen LogP contribution in [0, 0.1) is 5.92 Å². The summed E-state index contributed by atoms with van der Waals surface area (Å²) in [5, 5.41) is 4.62. The predicted octanol–water partition coefficient (Wildman–Crippen LogP) is 2.19. The number of sulfonamides is 1. The molecule has 23 heavy (non-hydrogen) atoms. The van der Waals surface area contributed by atoms with E-state index in [0.29, 0.717) is 23.7 Å². The minimum absolute atomic E-state index is 0. The zero-order valence-electron chi connectivity index (χ0n) is 12.8. The SMILES string of the molecule is Cl.NCC(NS(=O)(=O)Cc1noc2ccccc12)C1CCCC1. The number of fused-ring (bicyclic) bond motifs is 1. The Hall–Kier alpha value is -1.15. The third-order valence-electron chi connectivity index (χ3n) is 4.33. The Morgan fingerprint density at radius 3 is 2.70 bits per heavy atom. The molecule has 128 valence electrons. The first-order chi connectivity index (χ1) is 10.6. The lowest BCUT2D eigenvalue weighted by atomic mass is 9.99. The largest absolute Gasteiger partial charge is 0.356 e. The van der Waals surface area contributed by atoms with E-state index < -0.39 is 10.0 Å². The summed E-state index contributed by atoms with van der Waals surface area (Å²) >= 11 is 0. The summed E-state index contributed by atoms with van der Waals surface area (Å²) in [6.45, 7) is 0.323. The van der Waals surface area contributed by atoms with Gasteiger partial charge in [-0.2, -0.15) is 0 Å². The van der Waals surface area contributed by atoms with Crippen LogP contribution in [0.4, 0.5) is 0 Å². The second kappa shape index (κ2) is 7.61. The molecule has 1 aliphatic rings. The zero-order chi connectivity index (χ0) is 15.6. The molecule has 0 bridgehead atoms. The third-order valence-corrected chi connectivity index (χ3v) is 5.65. The fourth-order valence-corrected chi connectivity index (χ4v) is 4.59. The maximum absolute atomic E-state index is 12.4. The van der Waals surface area contributed by atoms with Crippen LogP contribution >= 0.6 is 12.4 Å². The first-order valence-electron chi connectivity index (χ1n) is 7.62. The van der Waals surface area contributed by atoms with Crippen LogP contribution in [0.2, 0.25) is 0 Å². The van der Waals surface area contributed by atoms with Crippen LogP contribution in [0.5, 0.6) is 0 Å². The van der Waals surface area contributed by atoms with Crippen molar-refractivity contribution in [1.82, 2.24) is 9.88 Å². The summed E-state index contributed by atoms with van der Waals surface area (Å²) in [4.78, 5) is 0. The van der Waals surface area contributed by atoms with E-state index in [4.69, 9.17) is 10.3 Å². The summed E-state index contributed by atoms with van der Waals surface area (Å²) in [5.74, 6) is 0.154. The monoisotopic (exact) mass is 359 g/mol. The number of nitrogens with zero attached hydrogens (tertiary/aromatic N) is 1. The van der Waals surface area contributed by atoms with E-state index in [9.17, 15) is 8.42 Å². The van der Waals surface area contributed by atoms with Gasteiger partial charge in [-0.05, 0) is 30.9 Å².